The summed E-state index contributed by atoms with van der Waals surface area (Å²) in [6.07, 6.45) is 2.72. The van der Waals surface area contributed by atoms with Gasteiger partial charge in [0.05, 0.1) is 20.6 Å². The van der Waals surface area contributed by atoms with Gasteiger partial charge >= 0.3 is 0 Å². The van der Waals surface area contributed by atoms with E-state index in [9.17, 15) is 13.2 Å². The van der Waals surface area contributed by atoms with E-state index in [1.165, 1.54) is 28.6 Å². The molecule has 27 heavy (non-hydrogen) atoms. The highest BCUT2D eigenvalue weighted by Crippen LogP contribution is 2.31. The van der Waals surface area contributed by atoms with Gasteiger partial charge in [-0.15, -0.1) is 0 Å². The molecular formula is C18H19Cl2N3O3S. The third-order valence-electron chi connectivity index (χ3n) is 4.39. The molecule has 0 aromatic heterocycles. The van der Waals surface area contributed by atoms with Crippen LogP contribution in [0.5, 0.6) is 0 Å². The second-order valence-electron chi connectivity index (χ2n) is 6.30. The number of anilines is 2. The van der Waals surface area contributed by atoms with Crippen LogP contribution in [-0.4, -0.2) is 31.7 Å². The van der Waals surface area contributed by atoms with Crippen LogP contribution in [-0.2, 0) is 10.0 Å². The van der Waals surface area contributed by atoms with E-state index < -0.39 is 15.9 Å². The summed E-state index contributed by atoms with van der Waals surface area (Å²) in [7, 11) is -3.62. The average molecular weight is 428 g/mol. The van der Waals surface area contributed by atoms with Crippen LogP contribution >= 0.6 is 23.2 Å². The highest BCUT2D eigenvalue weighted by Gasteiger charge is 2.26. The van der Waals surface area contributed by atoms with Gasteiger partial charge in [0.25, 0.3) is 5.91 Å². The van der Waals surface area contributed by atoms with E-state index in [0.717, 1.165) is 19.3 Å². The van der Waals surface area contributed by atoms with Gasteiger partial charge in [-0.25, -0.2) is 8.42 Å². The molecule has 0 spiro atoms. The number of piperidine rings is 1. The van der Waals surface area contributed by atoms with Crippen LogP contribution < -0.4 is 11.1 Å². The van der Waals surface area contributed by atoms with E-state index in [1.807, 2.05) is 0 Å². The molecule has 1 heterocycles. The normalized spacial score (nSPS) is 15.5. The minimum absolute atomic E-state index is 0.102. The third kappa shape index (κ3) is 4.38. The number of hydrogen-bond donors (Lipinski definition) is 2. The van der Waals surface area contributed by atoms with E-state index >= 15 is 0 Å². The van der Waals surface area contributed by atoms with Crippen LogP contribution in [0.2, 0.25) is 10.0 Å². The molecule has 0 aliphatic carbocycles. The summed E-state index contributed by atoms with van der Waals surface area (Å²) in [5.41, 5.74) is 6.50. The summed E-state index contributed by atoms with van der Waals surface area (Å²) in [4.78, 5) is 12.6. The van der Waals surface area contributed by atoms with Crippen molar-refractivity contribution in [3.05, 3.63) is 52.0 Å². The van der Waals surface area contributed by atoms with Crippen LogP contribution in [0.4, 0.5) is 11.4 Å². The number of carbonyl (C=O) groups excluding carboxylic acids is 1. The largest absolute Gasteiger partial charge is 0.396 e. The standard InChI is InChI=1S/C18H19Cl2N3O3S/c19-15-10-13(11-16(20)17(15)21)22-18(24)12-5-4-6-14(9-12)27(25,26)23-7-2-1-3-8-23/h4-6,9-11H,1-3,7-8,21H2,(H,22,24). The zero-order chi connectivity index (χ0) is 19.6. The van der Waals surface area contributed by atoms with Gasteiger partial charge < -0.3 is 11.1 Å². The molecule has 0 atom stereocenters. The van der Waals surface area contributed by atoms with Crippen molar-refractivity contribution in [2.24, 2.45) is 0 Å². The Hall–Kier alpha value is -1.80. The maximum Gasteiger partial charge on any atom is 0.255 e. The number of nitrogens with one attached hydrogen (secondary N) is 1. The average Bonchev–Trinajstić information content (AvgIpc) is 2.67. The first-order chi connectivity index (χ1) is 12.8. The maximum absolute atomic E-state index is 12.8. The molecule has 9 heteroatoms. The van der Waals surface area contributed by atoms with Crippen molar-refractivity contribution in [1.82, 2.24) is 4.31 Å². The molecule has 1 aliphatic rings. The molecule has 0 radical (unpaired) electrons. The highest BCUT2D eigenvalue weighted by atomic mass is 35.5. The van der Waals surface area contributed by atoms with Gasteiger partial charge in [0.15, 0.2) is 0 Å². The zero-order valence-electron chi connectivity index (χ0n) is 14.4. The van der Waals surface area contributed by atoms with Gasteiger partial charge in [-0.05, 0) is 43.2 Å². The van der Waals surface area contributed by atoms with Crippen LogP contribution in [0, 0.1) is 0 Å². The summed E-state index contributed by atoms with van der Waals surface area (Å²) in [5.74, 6) is -0.470. The Kier molecular flexibility index (Phi) is 5.95. The van der Waals surface area contributed by atoms with Crippen molar-refractivity contribution in [1.29, 1.82) is 0 Å². The summed E-state index contributed by atoms with van der Waals surface area (Å²) in [6.45, 7) is 1.00. The quantitative estimate of drug-likeness (QED) is 0.720. The predicted molar refractivity (Wildman–Crippen MR) is 108 cm³/mol. The highest BCUT2D eigenvalue weighted by molar-refractivity contribution is 7.89. The van der Waals surface area contributed by atoms with E-state index in [0.29, 0.717) is 18.8 Å². The lowest BCUT2D eigenvalue weighted by molar-refractivity contribution is 0.102. The van der Waals surface area contributed by atoms with Crippen LogP contribution in [0.3, 0.4) is 0 Å². The molecular weight excluding hydrogens is 409 g/mol. The first kappa shape index (κ1) is 19.9. The Bertz CT molecular complexity index is 951. The first-order valence-corrected chi connectivity index (χ1v) is 10.6. The SMILES string of the molecule is Nc1c(Cl)cc(NC(=O)c2cccc(S(=O)(=O)N3CCCCC3)c2)cc1Cl. The number of hydrogen-bond acceptors (Lipinski definition) is 4. The van der Waals surface area contributed by atoms with Gasteiger partial charge in [0.2, 0.25) is 10.0 Å². The Labute approximate surface area is 168 Å². The summed E-state index contributed by atoms with van der Waals surface area (Å²) >= 11 is 11.9. The predicted octanol–water partition coefficient (Wildman–Crippen LogP) is 4.00. The third-order valence-corrected chi connectivity index (χ3v) is 6.91. The molecule has 0 saturated carbocycles. The van der Waals surface area contributed by atoms with Crippen LogP contribution in [0.1, 0.15) is 29.6 Å². The molecule has 1 fully saturated rings. The van der Waals surface area contributed by atoms with Crippen molar-refractivity contribution in [3.8, 4) is 0 Å². The summed E-state index contributed by atoms with van der Waals surface area (Å²) < 4.78 is 27.1. The second kappa shape index (κ2) is 8.06. The molecule has 2 aromatic carbocycles. The summed E-state index contributed by atoms with van der Waals surface area (Å²) in [6, 6.07) is 8.93. The van der Waals surface area contributed by atoms with Gasteiger partial charge in [-0.1, -0.05) is 35.7 Å². The fraction of sp³-hybridized carbons (Fsp3) is 0.278. The molecule has 3 rings (SSSR count). The van der Waals surface area contributed by atoms with Crippen molar-refractivity contribution in [2.45, 2.75) is 24.2 Å². The number of nitrogens with zero attached hydrogens (tertiary/aromatic N) is 1. The van der Waals surface area contributed by atoms with E-state index in [4.69, 9.17) is 28.9 Å². The van der Waals surface area contributed by atoms with Crippen LogP contribution in [0.25, 0.3) is 0 Å². The molecule has 1 aliphatic heterocycles. The van der Waals surface area contributed by atoms with Crippen LogP contribution in [0.15, 0.2) is 41.3 Å². The first-order valence-electron chi connectivity index (χ1n) is 8.45. The second-order valence-corrected chi connectivity index (χ2v) is 9.05. The Balaban J connectivity index is 1.83. The smallest absolute Gasteiger partial charge is 0.255 e. The zero-order valence-corrected chi connectivity index (χ0v) is 16.7. The summed E-state index contributed by atoms with van der Waals surface area (Å²) in [5, 5.41) is 3.10. The molecule has 1 amide bonds. The fourth-order valence-corrected chi connectivity index (χ4v) is 4.96. The molecule has 0 bridgehead atoms. The van der Waals surface area contributed by atoms with Crippen molar-refractivity contribution < 1.29 is 13.2 Å². The van der Waals surface area contributed by atoms with Gasteiger partial charge in [-0.3, -0.25) is 4.79 Å². The number of carbonyl (C=O) groups is 1. The Morgan fingerprint density at radius 3 is 2.30 bits per heavy atom. The minimum atomic E-state index is -3.62. The molecule has 6 nitrogen and oxygen atoms in total. The lowest BCUT2D eigenvalue weighted by atomic mass is 10.2. The van der Waals surface area contributed by atoms with Gasteiger partial charge in [-0.2, -0.15) is 4.31 Å². The number of sulfonamides is 1. The van der Waals surface area contributed by atoms with Crippen molar-refractivity contribution in [2.75, 3.05) is 24.1 Å². The monoisotopic (exact) mass is 427 g/mol. The van der Waals surface area contributed by atoms with Gasteiger partial charge in [0, 0.05) is 24.3 Å². The number of benzene rings is 2. The number of halogens is 2. The molecule has 0 unspecified atom stereocenters. The lowest BCUT2D eigenvalue weighted by Crippen LogP contribution is -2.35. The van der Waals surface area contributed by atoms with Gasteiger partial charge in [0.1, 0.15) is 0 Å². The number of rotatable bonds is 4. The molecule has 144 valence electrons. The number of amides is 1. The topological polar surface area (TPSA) is 92.5 Å². The minimum Gasteiger partial charge on any atom is -0.396 e. The molecule has 3 N–H and O–H groups in total. The van der Waals surface area contributed by atoms with Crippen molar-refractivity contribution >= 4 is 50.5 Å². The molecule has 1 saturated heterocycles. The Morgan fingerprint density at radius 2 is 1.67 bits per heavy atom. The maximum atomic E-state index is 12.8. The fourth-order valence-electron chi connectivity index (χ4n) is 2.91. The van der Waals surface area contributed by atoms with E-state index in [2.05, 4.69) is 5.32 Å². The Morgan fingerprint density at radius 1 is 1.04 bits per heavy atom. The molecule has 2 aromatic rings. The van der Waals surface area contributed by atoms with E-state index in [-0.39, 0.29) is 26.2 Å². The number of nitrogen functional groups attached to an aromatic ring is 1. The van der Waals surface area contributed by atoms with E-state index in [1.54, 1.807) is 12.1 Å². The van der Waals surface area contributed by atoms with Crippen molar-refractivity contribution in [3.63, 3.8) is 0 Å². The number of nitrogens with two attached hydrogens (primary N) is 1. The lowest BCUT2D eigenvalue weighted by Gasteiger charge is -2.26.